The summed E-state index contributed by atoms with van der Waals surface area (Å²) in [5.74, 6) is 3.85. The van der Waals surface area contributed by atoms with Gasteiger partial charge in [-0.3, -0.25) is 9.35 Å². The van der Waals surface area contributed by atoms with Gasteiger partial charge in [-0.25, -0.2) is 14.8 Å². The third-order valence-electron chi connectivity index (χ3n) is 4.09. The van der Waals surface area contributed by atoms with E-state index in [2.05, 4.69) is 156 Å². The van der Waals surface area contributed by atoms with Gasteiger partial charge in [0.1, 0.15) is 6.29 Å². The Morgan fingerprint density at radius 3 is 1.14 bits per heavy atom. The van der Waals surface area contributed by atoms with Crippen molar-refractivity contribution in [2.75, 3.05) is 54.0 Å². The summed E-state index contributed by atoms with van der Waals surface area (Å²) in [5.41, 5.74) is 7.05. The Morgan fingerprint density at radius 1 is 0.871 bits per heavy atom. The van der Waals surface area contributed by atoms with Crippen molar-refractivity contribution in [3.8, 4) is 24.7 Å². The molecule has 2 saturated heterocycles. The molecule has 2 aliphatic rings. The summed E-state index contributed by atoms with van der Waals surface area (Å²) >= 11 is 7.66. The molecule has 16 heteroatoms. The summed E-state index contributed by atoms with van der Waals surface area (Å²) in [6.45, 7) is 43.7. The van der Waals surface area contributed by atoms with Gasteiger partial charge >= 0.3 is 0 Å². The molecule has 70 heavy (non-hydrogen) atoms. The first-order chi connectivity index (χ1) is 32.8. The molecule has 0 amide bonds. The van der Waals surface area contributed by atoms with E-state index >= 15 is 0 Å². The van der Waals surface area contributed by atoms with Crippen LogP contribution in [-0.4, -0.2) is 113 Å². The van der Waals surface area contributed by atoms with Gasteiger partial charge in [0.2, 0.25) is 6.08 Å². The monoisotopic (exact) mass is 1060 g/mol. The molecule has 0 aromatic carbocycles. The number of terminal acetylenes is 2. The van der Waals surface area contributed by atoms with Gasteiger partial charge < -0.3 is 30.2 Å². The van der Waals surface area contributed by atoms with Crippen LogP contribution in [0, 0.1) is 24.7 Å². The fourth-order valence-corrected chi connectivity index (χ4v) is 1.12. The average molecular weight is 1060 g/mol. The molecule has 2 atom stereocenters. The van der Waals surface area contributed by atoms with Crippen LogP contribution < -0.4 is 5.73 Å². The first-order valence-electron chi connectivity index (χ1n) is 22.3. The maximum absolute atomic E-state index is 9.19. The summed E-state index contributed by atoms with van der Waals surface area (Å²) in [6.07, 6.45) is 38.5. The zero-order valence-electron chi connectivity index (χ0n) is 49.0. The van der Waals surface area contributed by atoms with Gasteiger partial charge in [0.15, 0.2) is 0 Å². The molecule has 2 heterocycles. The number of nitrogens with two attached hydrogens (primary N) is 1. The van der Waals surface area contributed by atoms with Crippen molar-refractivity contribution in [2.45, 2.75) is 175 Å². The molecule has 0 aliphatic carbocycles. The van der Waals surface area contributed by atoms with Gasteiger partial charge in [-0.1, -0.05) is 100 Å². The average Bonchev–Trinajstić information content (AvgIpc) is 4.28. The Kier molecular flexibility index (Phi) is 240. The number of allylic oxidation sites excluding steroid dienone is 10. The van der Waals surface area contributed by atoms with Crippen molar-refractivity contribution in [1.82, 2.24) is 0 Å². The maximum Gasteiger partial charge on any atom is 0.300 e. The number of nitrogens with zero attached hydrogens (tertiary/aromatic N) is 2. The van der Waals surface area contributed by atoms with E-state index in [1.807, 2.05) is 67.5 Å². The number of isothiocyanates is 1. The summed E-state index contributed by atoms with van der Waals surface area (Å²) in [5, 5.41) is 16.6. The van der Waals surface area contributed by atoms with Gasteiger partial charge in [0.25, 0.3) is 16.1 Å². The molecule has 0 saturated carbocycles. The molecular weight excluding hydrogens is 947 g/mol. The maximum atomic E-state index is 9.19. The van der Waals surface area contributed by atoms with E-state index in [-0.39, 0.29) is 0 Å². The Bertz CT molecular complexity index is 1240. The number of unbranched alkanes of at least 4 members (excludes halogenated alkanes) is 2. The number of aliphatic hydroxyl groups excluding tert-OH is 1. The number of ether oxygens (including phenoxy) is 2. The fourth-order valence-electron chi connectivity index (χ4n) is 1.12. The van der Waals surface area contributed by atoms with Crippen molar-refractivity contribution in [3.63, 3.8) is 0 Å². The van der Waals surface area contributed by atoms with E-state index in [1.165, 1.54) is 63.9 Å². The lowest BCUT2D eigenvalue weighted by molar-refractivity contribution is -0.134. The zero-order chi connectivity index (χ0) is 60.1. The SMILES string of the molecule is C#CC.C#CCC.C/C=C/CC.C/C=C/CCCC.C=C(C)C.C=CC.CC(=O)O.CC1CO1.CC=C(C)C.CC=CC.CC=O.CCC1CO1.CN.CN=C=O.CN=C=S.CO.CS.CS(=O)(=O)O. The summed E-state index contributed by atoms with van der Waals surface area (Å²) in [6, 6.07) is 0. The van der Waals surface area contributed by atoms with Crippen LogP contribution in [0.25, 0.3) is 0 Å². The van der Waals surface area contributed by atoms with Crippen LogP contribution in [0.1, 0.15) is 163 Å². The molecule has 2 unspecified atom stereocenters. The number of carbonyl (C=O) groups is 2. The van der Waals surface area contributed by atoms with Crippen molar-refractivity contribution in [2.24, 2.45) is 15.7 Å². The number of rotatable bonds is 5. The number of epoxide rings is 2. The number of isocyanates is 1. The van der Waals surface area contributed by atoms with Crippen LogP contribution in [0.3, 0.4) is 0 Å². The minimum atomic E-state index is -3.67. The van der Waals surface area contributed by atoms with Crippen molar-refractivity contribution >= 4 is 58.5 Å². The molecule has 5 N–H and O–H groups in total. The highest BCUT2D eigenvalue weighted by Gasteiger charge is 2.18. The highest BCUT2D eigenvalue weighted by atomic mass is 32.2. The van der Waals surface area contributed by atoms with Crippen LogP contribution in [0.15, 0.2) is 82.9 Å². The molecule has 0 aromatic rings. The van der Waals surface area contributed by atoms with Crippen LogP contribution in [0.2, 0.25) is 0 Å². The van der Waals surface area contributed by atoms with Gasteiger partial charge in [-0.2, -0.15) is 21.0 Å². The van der Waals surface area contributed by atoms with Crippen LogP contribution >= 0.6 is 24.8 Å². The smallest absolute Gasteiger partial charge is 0.300 e. The molecule has 420 valence electrons. The first-order valence-corrected chi connectivity index (χ1v) is 25.5. The number of hydrogen-bond donors (Lipinski definition) is 5. The molecule has 0 radical (unpaired) electrons. The molecular formula is C54H111N3O10S3. The number of aliphatic hydroxyl groups is 1. The fraction of sp³-hybridized carbons (Fsp3) is 0.630. The number of hydrogen-bond acceptors (Lipinski definition) is 13. The lowest BCUT2D eigenvalue weighted by Crippen LogP contribution is -1.88. The van der Waals surface area contributed by atoms with Gasteiger partial charge in [0, 0.05) is 34.5 Å². The summed E-state index contributed by atoms with van der Waals surface area (Å²) in [4.78, 5) is 32.9. The summed E-state index contributed by atoms with van der Waals surface area (Å²) < 4.78 is 35.4. The Hall–Kier alpha value is -4.02. The predicted molar refractivity (Wildman–Crippen MR) is 321 cm³/mol. The van der Waals surface area contributed by atoms with E-state index in [1.54, 1.807) is 26.3 Å². The second-order valence-electron chi connectivity index (χ2n) is 11.8. The molecule has 0 bridgehead atoms. The molecule has 0 aromatic heterocycles. The number of carbonyl (C=O) groups excluding carboxylic acids is 2. The minimum absolute atomic E-state index is 0.583. The van der Waals surface area contributed by atoms with Gasteiger partial charge in [-0.05, 0) is 135 Å². The van der Waals surface area contributed by atoms with E-state index in [0.717, 1.165) is 46.4 Å². The molecule has 2 aliphatic heterocycles. The number of aldehydes is 1. The van der Waals surface area contributed by atoms with E-state index in [0.29, 0.717) is 18.5 Å². The van der Waals surface area contributed by atoms with E-state index in [9.17, 15) is 8.42 Å². The first kappa shape index (κ1) is 112. The van der Waals surface area contributed by atoms with Crippen LogP contribution in [-0.2, 0) is 34.0 Å². The Balaban J connectivity index is -0.0000000318. The molecule has 13 nitrogen and oxygen atoms in total. The van der Waals surface area contributed by atoms with Crippen molar-refractivity contribution < 1.29 is 47.0 Å². The number of aliphatic carboxylic acids is 1. The highest BCUT2D eigenvalue weighted by Crippen LogP contribution is 2.10. The topological polar surface area (TPSA) is 222 Å². The van der Waals surface area contributed by atoms with Crippen molar-refractivity contribution in [1.29, 1.82) is 0 Å². The standard InChI is InChI=1S/C7H14.2C5H10.C4H8O.2C4H8.C4H6.C3H6O.C3H6.C3H4.C2H3NO.C2H3NS.C2H4O2.C2H4O.CH5N.CH4O3S.CH4O.CH4S/c1-3-5-7-6-4-2;1-4-5(2)3;1-3-5-4-2;1-2-4-3-5-4;1-4(2)3;2*1-3-4-2;1-3-2-4-3;2*1-3-2;2*1-3-2-4;1-2(3)4;1-2-3;1-2;1-5(2,3)4;2*1-2/h3,5H,4,6-7H2,1-2H3;4H,1-3H3;3,5H,4H2,1-2H3;4H,2-3H2,1H3;1H2,2-3H3;3-4H,1-2H3;1H,4H2,2H3;3H,2H2,1H3;3H,1H2,2H3;1H,2H3;2*1H3;1H3,(H,3,4);2H,1H3;2H2,1H3;1H3,(H,2,3,4);2*2H,1H3/b5-3+;;5-3+;;;;;;;;;;;;;;;. The quantitative estimate of drug-likeness (QED) is 0.0166. The molecule has 2 fully saturated rings. The zero-order valence-corrected chi connectivity index (χ0v) is 51.5. The summed E-state index contributed by atoms with van der Waals surface area (Å²) in [7, 11) is 1.81. The van der Waals surface area contributed by atoms with Crippen LogP contribution in [0.4, 0.5) is 0 Å². The number of aliphatic imine (C=N–C) groups is 2. The molecule has 2 rings (SSSR count). The van der Waals surface area contributed by atoms with Gasteiger partial charge in [-0.15, -0.1) is 37.8 Å². The van der Waals surface area contributed by atoms with Crippen molar-refractivity contribution in [3.05, 3.63) is 72.9 Å². The van der Waals surface area contributed by atoms with E-state index < -0.39 is 16.1 Å². The third-order valence-corrected chi connectivity index (χ3v) is 4.27. The lowest BCUT2D eigenvalue weighted by atomic mass is 10.2. The predicted octanol–water partition coefficient (Wildman–Crippen LogP) is 14.1. The second kappa shape index (κ2) is 151. The molecule has 0 spiro atoms. The minimum Gasteiger partial charge on any atom is -0.481 e. The number of carboxylic acid groups (broad SMARTS) is 1. The normalized spacial score (nSPS) is 10.6. The van der Waals surface area contributed by atoms with Gasteiger partial charge in [0.05, 0.1) is 36.8 Å². The Morgan fingerprint density at radius 2 is 1.10 bits per heavy atom. The second-order valence-corrected chi connectivity index (χ2v) is 13.5. The highest BCUT2D eigenvalue weighted by molar-refractivity contribution is 7.85. The Labute approximate surface area is 446 Å². The number of carboxylic acids is 1. The van der Waals surface area contributed by atoms with Crippen LogP contribution in [0.5, 0.6) is 0 Å². The third kappa shape index (κ3) is 994. The number of thiocarbonyl (C=S) groups is 1. The largest absolute Gasteiger partial charge is 0.481 e. The lowest BCUT2D eigenvalue weighted by Gasteiger charge is -1.83. The number of thiol groups is 1. The van der Waals surface area contributed by atoms with E-state index in [4.69, 9.17) is 45.0 Å².